The minimum atomic E-state index is -0.969. The van der Waals surface area contributed by atoms with E-state index in [2.05, 4.69) is 4.99 Å². The molecule has 0 heterocycles. The molecule has 100 valence electrons. The molecule has 0 bridgehead atoms. The van der Waals surface area contributed by atoms with Gasteiger partial charge in [-0.3, -0.25) is 0 Å². The van der Waals surface area contributed by atoms with Crippen molar-refractivity contribution in [3.63, 3.8) is 0 Å². The maximum Gasteiger partial charge on any atom is 0.328 e. The van der Waals surface area contributed by atoms with Crippen molar-refractivity contribution in [2.75, 3.05) is 0 Å². The molecule has 0 saturated carbocycles. The minimum absolute atomic E-state index is 0.720. The number of carbonyl (C=O) groups is 1. The highest BCUT2D eigenvalue weighted by Crippen LogP contribution is 2.14. The van der Waals surface area contributed by atoms with Gasteiger partial charge in [0.25, 0.3) is 0 Å². The Morgan fingerprint density at radius 3 is 2.40 bits per heavy atom. The molecule has 0 spiro atoms. The number of hydrogen-bond acceptors (Lipinski definition) is 3. The molecule has 0 aliphatic carbocycles. The Morgan fingerprint density at radius 2 is 1.75 bits per heavy atom. The number of hydrogen-bond donors (Lipinski definition) is 1. The zero-order valence-electron chi connectivity index (χ0n) is 10.6. The third-order valence-corrected chi connectivity index (χ3v) is 2.45. The van der Waals surface area contributed by atoms with E-state index in [0.29, 0.717) is 0 Å². The van der Waals surface area contributed by atoms with E-state index in [1.54, 1.807) is 24.3 Å². The molecule has 2 aromatic rings. The summed E-state index contributed by atoms with van der Waals surface area (Å²) in [6.07, 6.45) is 3.99. The highest BCUT2D eigenvalue weighted by atomic mass is 16.5. The number of rotatable bonds is 5. The van der Waals surface area contributed by atoms with E-state index in [-0.39, 0.29) is 0 Å². The van der Waals surface area contributed by atoms with Crippen LogP contribution in [0.25, 0.3) is 6.08 Å². The van der Waals surface area contributed by atoms with Crippen LogP contribution in [0.2, 0.25) is 0 Å². The average molecular weight is 267 g/mol. The quantitative estimate of drug-likeness (QED) is 0.512. The van der Waals surface area contributed by atoms with Gasteiger partial charge in [0.05, 0.1) is 5.69 Å². The molecular weight excluding hydrogens is 254 g/mol. The zero-order chi connectivity index (χ0) is 14.2. The van der Waals surface area contributed by atoms with Gasteiger partial charge in [-0.15, -0.1) is 0 Å². The van der Waals surface area contributed by atoms with Crippen LogP contribution in [0, 0.1) is 0 Å². The molecule has 0 fully saturated rings. The predicted molar refractivity (Wildman–Crippen MR) is 78.3 cm³/mol. The number of nitrogens with zero attached hydrogens (tertiary/aromatic N) is 1. The molecular formula is C16H13NO3. The number of aliphatic carboxylic acids is 1. The lowest BCUT2D eigenvalue weighted by atomic mass is 10.2. The minimum Gasteiger partial charge on any atom is -0.478 e. The second-order valence-corrected chi connectivity index (χ2v) is 3.93. The zero-order valence-corrected chi connectivity index (χ0v) is 10.6. The van der Waals surface area contributed by atoms with Gasteiger partial charge in [0.1, 0.15) is 5.75 Å². The number of benzene rings is 2. The molecule has 2 rings (SSSR count). The van der Waals surface area contributed by atoms with Gasteiger partial charge in [0, 0.05) is 6.08 Å². The van der Waals surface area contributed by atoms with Crippen molar-refractivity contribution in [1.29, 1.82) is 0 Å². The van der Waals surface area contributed by atoms with E-state index < -0.39 is 5.97 Å². The smallest absolute Gasteiger partial charge is 0.328 e. The van der Waals surface area contributed by atoms with Gasteiger partial charge in [-0.1, -0.05) is 30.3 Å². The molecule has 4 heteroatoms. The molecule has 0 amide bonds. The van der Waals surface area contributed by atoms with E-state index in [1.165, 1.54) is 12.5 Å². The highest BCUT2D eigenvalue weighted by molar-refractivity contribution is 5.85. The lowest BCUT2D eigenvalue weighted by Gasteiger charge is -1.98. The first-order chi connectivity index (χ1) is 9.74. The fourth-order valence-electron chi connectivity index (χ4n) is 1.49. The van der Waals surface area contributed by atoms with Crippen LogP contribution < -0.4 is 4.74 Å². The predicted octanol–water partition coefficient (Wildman–Crippen LogP) is 3.52. The van der Waals surface area contributed by atoms with Gasteiger partial charge in [-0.2, -0.15) is 0 Å². The van der Waals surface area contributed by atoms with Crippen molar-refractivity contribution < 1.29 is 14.6 Å². The average Bonchev–Trinajstić information content (AvgIpc) is 2.47. The van der Waals surface area contributed by atoms with Crippen LogP contribution >= 0.6 is 0 Å². The summed E-state index contributed by atoms with van der Waals surface area (Å²) in [5.41, 5.74) is 1.53. The first kappa shape index (κ1) is 13.5. The van der Waals surface area contributed by atoms with Crippen LogP contribution in [0.3, 0.4) is 0 Å². The Balaban J connectivity index is 1.95. The summed E-state index contributed by atoms with van der Waals surface area (Å²) in [5, 5.41) is 8.53. The first-order valence-corrected chi connectivity index (χ1v) is 5.99. The fourth-order valence-corrected chi connectivity index (χ4v) is 1.49. The summed E-state index contributed by atoms with van der Waals surface area (Å²) in [4.78, 5) is 14.5. The largest absolute Gasteiger partial charge is 0.478 e. The highest BCUT2D eigenvalue weighted by Gasteiger charge is 1.92. The van der Waals surface area contributed by atoms with Crippen LogP contribution in [0.1, 0.15) is 5.56 Å². The Labute approximate surface area is 116 Å². The topological polar surface area (TPSA) is 58.9 Å². The van der Waals surface area contributed by atoms with Crippen LogP contribution in [-0.4, -0.2) is 17.5 Å². The molecule has 0 aliphatic rings. The van der Waals surface area contributed by atoms with Crippen molar-refractivity contribution >= 4 is 24.1 Å². The molecule has 1 N–H and O–H groups in total. The third-order valence-electron chi connectivity index (χ3n) is 2.45. The summed E-state index contributed by atoms with van der Waals surface area (Å²) in [6.45, 7) is 0. The van der Waals surface area contributed by atoms with E-state index in [4.69, 9.17) is 9.84 Å². The number of aliphatic imine (C=N–C) groups is 1. The Bertz CT molecular complexity index is 616. The van der Waals surface area contributed by atoms with Crippen molar-refractivity contribution in [2.24, 2.45) is 4.99 Å². The SMILES string of the molecule is O=C(O)C=Cc1ccc(N=COc2ccccc2)cc1. The van der Waals surface area contributed by atoms with Gasteiger partial charge >= 0.3 is 5.97 Å². The summed E-state index contributed by atoms with van der Waals surface area (Å²) < 4.78 is 5.34. The molecule has 2 aromatic carbocycles. The standard InChI is InChI=1S/C16H13NO3/c18-16(19)11-8-13-6-9-14(10-7-13)17-12-20-15-4-2-1-3-5-15/h1-12H,(H,18,19). The number of carboxylic acids is 1. The monoisotopic (exact) mass is 267 g/mol. The van der Waals surface area contributed by atoms with E-state index in [0.717, 1.165) is 23.1 Å². The van der Waals surface area contributed by atoms with E-state index in [9.17, 15) is 4.79 Å². The molecule has 0 aromatic heterocycles. The first-order valence-electron chi connectivity index (χ1n) is 5.99. The number of carboxylic acid groups (broad SMARTS) is 1. The van der Waals surface area contributed by atoms with Crippen molar-refractivity contribution in [3.05, 3.63) is 66.2 Å². The molecule has 4 nitrogen and oxygen atoms in total. The molecule has 0 saturated heterocycles. The molecule has 0 radical (unpaired) electrons. The Hall–Kier alpha value is -2.88. The molecule has 0 aliphatic heterocycles. The van der Waals surface area contributed by atoms with Gasteiger partial charge in [0.2, 0.25) is 0 Å². The summed E-state index contributed by atoms with van der Waals surface area (Å²) in [6, 6.07) is 16.5. The van der Waals surface area contributed by atoms with E-state index >= 15 is 0 Å². The van der Waals surface area contributed by atoms with Crippen molar-refractivity contribution in [1.82, 2.24) is 0 Å². The maximum atomic E-state index is 10.4. The van der Waals surface area contributed by atoms with Crippen LogP contribution in [-0.2, 0) is 4.79 Å². The Kier molecular flexibility index (Phi) is 4.67. The van der Waals surface area contributed by atoms with Gasteiger partial charge in [0.15, 0.2) is 6.40 Å². The lowest BCUT2D eigenvalue weighted by molar-refractivity contribution is -0.131. The van der Waals surface area contributed by atoms with Crippen molar-refractivity contribution in [2.45, 2.75) is 0 Å². The van der Waals surface area contributed by atoms with E-state index in [1.807, 2.05) is 30.3 Å². The van der Waals surface area contributed by atoms with Crippen LogP contribution in [0.5, 0.6) is 5.75 Å². The lowest BCUT2D eigenvalue weighted by Crippen LogP contribution is -1.88. The molecule has 0 unspecified atom stereocenters. The van der Waals surface area contributed by atoms with Crippen molar-refractivity contribution in [3.8, 4) is 5.75 Å². The molecule has 0 atom stereocenters. The van der Waals surface area contributed by atoms with Gasteiger partial charge in [-0.05, 0) is 35.9 Å². The summed E-state index contributed by atoms with van der Waals surface area (Å²) in [5.74, 6) is -0.249. The molecule has 20 heavy (non-hydrogen) atoms. The van der Waals surface area contributed by atoms with Crippen LogP contribution in [0.15, 0.2) is 65.7 Å². The maximum absolute atomic E-state index is 10.4. The van der Waals surface area contributed by atoms with Crippen LogP contribution in [0.4, 0.5) is 5.69 Å². The summed E-state index contributed by atoms with van der Waals surface area (Å²) in [7, 11) is 0. The summed E-state index contributed by atoms with van der Waals surface area (Å²) >= 11 is 0. The second kappa shape index (κ2) is 6.89. The van der Waals surface area contributed by atoms with Gasteiger partial charge < -0.3 is 9.84 Å². The van der Waals surface area contributed by atoms with Gasteiger partial charge in [-0.25, -0.2) is 9.79 Å². The third kappa shape index (κ3) is 4.42. The normalized spacial score (nSPS) is 11.0. The number of para-hydroxylation sites is 1. The number of ether oxygens (including phenoxy) is 1. The fraction of sp³-hybridized carbons (Fsp3) is 0. The Morgan fingerprint density at radius 1 is 1.05 bits per heavy atom. The second-order valence-electron chi connectivity index (χ2n) is 3.93.